The standard InChI is InChI=1S/C10H20ClNO2/c11-4-8-13-9-6-12-5-3-10-2-1-7-14-10/h10,12H,1-9H2. The zero-order valence-corrected chi connectivity index (χ0v) is 9.39. The molecule has 84 valence electrons. The van der Waals surface area contributed by atoms with Crippen LogP contribution >= 0.6 is 11.6 Å². The lowest BCUT2D eigenvalue weighted by Crippen LogP contribution is -2.24. The Kier molecular flexibility index (Phi) is 7.41. The molecular formula is C10H20ClNO2. The van der Waals surface area contributed by atoms with Crippen LogP contribution in [0.5, 0.6) is 0 Å². The summed E-state index contributed by atoms with van der Waals surface area (Å²) in [6, 6.07) is 0. The Hall–Kier alpha value is 0.170. The maximum atomic E-state index is 5.51. The molecule has 1 aliphatic heterocycles. The van der Waals surface area contributed by atoms with E-state index in [2.05, 4.69) is 5.32 Å². The highest BCUT2D eigenvalue weighted by atomic mass is 35.5. The Morgan fingerprint density at radius 2 is 2.29 bits per heavy atom. The van der Waals surface area contributed by atoms with Crippen molar-refractivity contribution in [3.8, 4) is 0 Å². The molecule has 0 aliphatic carbocycles. The van der Waals surface area contributed by atoms with Crippen molar-refractivity contribution in [2.45, 2.75) is 25.4 Å². The van der Waals surface area contributed by atoms with Crippen LogP contribution in [-0.4, -0.2) is 44.9 Å². The van der Waals surface area contributed by atoms with Gasteiger partial charge in [-0.05, 0) is 25.8 Å². The molecule has 1 aliphatic rings. The minimum absolute atomic E-state index is 0.492. The molecule has 1 fully saturated rings. The van der Waals surface area contributed by atoms with Gasteiger partial charge in [0.15, 0.2) is 0 Å². The third kappa shape index (κ3) is 5.81. The van der Waals surface area contributed by atoms with Gasteiger partial charge in [-0.3, -0.25) is 0 Å². The minimum atomic E-state index is 0.492. The number of nitrogens with one attached hydrogen (secondary N) is 1. The lowest BCUT2D eigenvalue weighted by atomic mass is 10.2. The normalized spacial score (nSPS) is 21.6. The van der Waals surface area contributed by atoms with Gasteiger partial charge in [-0.15, -0.1) is 11.6 Å². The summed E-state index contributed by atoms with van der Waals surface area (Å²) in [7, 11) is 0. The number of hydrogen-bond donors (Lipinski definition) is 1. The molecule has 1 heterocycles. The summed E-state index contributed by atoms with van der Waals surface area (Å²) in [5.41, 5.74) is 0. The van der Waals surface area contributed by atoms with Crippen LogP contribution in [0, 0.1) is 0 Å². The Balaban J connectivity index is 1.75. The first-order chi connectivity index (χ1) is 6.93. The molecule has 1 unspecified atom stereocenters. The first-order valence-electron chi connectivity index (χ1n) is 5.39. The highest BCUT2D eigenvalue weighted by Crippen LogP contribution is 2.14. The maximum Gasteiger partial charge on any atom is 0.0602 e. The summed E-state index contributed by atoms with van der Waals surface area (Å²) >= 11 is 5.47. The van der Waals surface area contributed by atoms with Crippen LogP contribution in [-0.2, 0) is 9.47 Å². The van der Waals surface area contributed by atoms with Crippen molar-refractivity contribution >= 4 is 11.6 Å². The molecule has 0 aromatic rings. The smallest absolute Gasteiger partial charge is 0.0602 e. The van der Waals surface area contributed by atoms with Crippen molar-refractivity contribution < 1.29 is 9.47 Å². The Labute approximate surface area is 91.1 Å². The fourth-order valence-corrected chi connectivity index (χ4v) is 1.67. The molecule has 0 amide bonds. The number of rotatable bonds is 8. The summed E-state index contributed by atoms with van der Waals surface area (Å²) in [6.07, 6.45) is 4.06. The summed E-state index contributed by atoms with van der Waals surface area (Å²) in [6.45, 7) is 4.27. The monoisotopic (exact) mass is 221 g/mol. The van der Waals surface area contributed by atoms with Gasteiger partial charge in [-0.2, -0.15) is 0 Å². The van der Waals surface area contributed by atoms with Crippen molar-refractivity contribution in [1.29, 1.82) is 0 Å². The molecule has 1 atom stereocenters. The molecule has 0 radical (unpaired) electrons. The number of ether oxygens (including phenoxy) is 2. The third-order valence-corrected chi connectivity index (χ3v) is 2.47. The fourth-order valence-electron chi connectivity index (χ4n) is 1.56. The van der Waals surface area contributed by atoms with Gasteiger partial charge in [0, 0.05) is 19.0 Å². The van der Waals surface area contributed by atoms with Gasteiger partial charge in [0.25, 0.3) is 0 Å². The van der Waals surface area contributed by atoms with E-state index < -0.39 is 0 Å². The minimum Gasteiger partial charge on any atom is -0.379 e. The average Bonchev–Trinajstić information content (AvgIpc) is 2.69. The number of halogens is 1. The summed E-state index contributed by atoms with van der Waals surface area (Å²) in [4.78, 5) is 0. The van der Waals surface area contributed by atoms with Crippen LogP contribution in [0.15, 0.2) is 0 Å². The van der Waals surface area contributed by atoms with Crippen LogP contribution in [0.3, 0.4) is 0 Å². The zero-order valence-electron chi connectivity index (χ0n) is 8.64. The molecular weight excluding hydrogens is 202 g/mol. The Morgan fingerprint density at radius 1 is 1.36 bits per heavy atom. The number of hydrogen-bond acceptors (Lipinski definition) is 3. The first kappa shape index (κ1) is 12.2. The third-order valence-electron chi connectivity index (χ3n) is 2.31. The van der Waals surface area contributed by atoms with E-state index in [1.165, 1.54) is 12.8 Å². The van der Waals surface area contributed by atoms with Crippen LogP contribution in [0.1, 0.15) is 19.3 Å². The second-order valence-corrected chi connectivity index (χ2v) is 3.85. The average molecular weight is 222 g/mol. The van der Waals surface area contributed by atoms with E-state index in [0.717, 1.165) is 32.7 Å². The Bertz CT molecular complexity index is 129. The maximum absolute atomic E-state index is 5.51. The van der Waals surface area contributed by atoms with Crippen LogP contribution in [0.25, 0.3) is 0 Å². The van der Waals surface area contributed by atoms with E-state index in [9.17, 15) is 0 Å². The summed E-state index contributed by atoms with van der Waals surface area (Å²) in [5, 5.41) is 3.32. The molecule has 4 heteroatoms. The molecule has 3 nitrogen and oxygen atoms in total. The first-order valence-corrected chi connectivity index (χ1v) is 5.93. The fraction of sp³-hybridized carbons (Fsp3) is 1.00. The van der Waals surface area contributed by atoms with Crippen molar-refractivity contribution in [3.63, 3.8) is 0 Å². The van der Waals surface area contributed by atoms with E-state index in [0.29, 0.717) is 18.6 Å². The van der Waals surface area contributed by atoms with Gasteiger partial charge >= 0.3 is 0 Å². The van der Waals surface area contributed by atoms with E-state index in [-0.39, 0.29) is 0 Å². The molecule has 1 saturated heterocycles. The lowest BCUT2D eigenvalue weighted by molar-refractivity contribution is 0.102. The van der Waals surface area contributed by atoms with Gasteiger partial charge in [0.2, 0.25) is 0 Å². The van der Waals surface area contributed by atoms with Crippen molar-refractivity contribution in [1.82, 2.24) is 5.32 Å². The van der Waals surface area contributed by atoms with Crippen molar-refractivity contribution in [3.05, 3.63) is 0 Å². The van der Waals surface area contributed by atoms with E-state index in [1.54, 1.807) is 0 Å². The van der Waals surface area contributed by atoms with Gasteiger partial charge in [-0.1, -0.05) is 0 Å². The quantitative estimate of drug-likeness (QED) is 0.497. The second kappa shape index (κ2) is 8.48. The molecule has 0 spiro atoms. The molecule has 0 aromatic carbocycles. The largest absolute Gasteiger partial charge is 0.379 e. The predicted molar refractivity (Wildman–Crippen MR) is 58.0 cm³/mol. The van der Waals surface area contributed by atoms with Crippen LogP contribution in [0.2, 0.25) is 0 Å². The number of alkyl halides is 1. The molecule has 1 rings (SSSR count). The van der Waals surface area contributed by atoms with Crippen LogP contribution < -0.4 is 5.32 Å². The molecule has 1 N–H and O–H groups in total. The second-order valence-electron chi connectivity index (χ2n) is 3.48. The molecule has 0 aromatic heterocycles. The topological polar surface area (TPSA) is 30.5 Å². The van der Waals surface area contributed by atoms with Crippen molar-refractivity contribution in [2.24, 2.45) is 0 Å². The molecule has 14 heavy (non-hydrogen) atoms. The van der Waals surface area contributed by atoms with Gasteiger partial charge < -0.3 is 14.8 Å². The predicted octanol–water partition coefficient (Wildman–Crippen LogP) is 1.40. The molecule has 0 bridgehead atoms. The summed E-state index contributed by atoms with van der Waals surface area (Å²) < 4.78 is 10.7. The Morgan fingerprint density at radius 3 is 3.00 bits per heavy atom. The zero-order chi connectivity index (χ0) is 10.1. The highest BCUT2D eigenvalue weighted by Gasteiger charge is 2.13. The van der Waals surface area contributed by atoms with E-state index in [4.69, 9.17) is 21.1 Å². The summed E-state index contributed by atoms with van der Waals surface area (Å²) in [5.74, 6) is 0.579. The van der Waals surface area contributed by atoms with Gasteiger partial charge in [-0.25, -0.2) is 0 Å². The van der Waals surface area contributed by atoms with Gasteiger partial charge in [0.1, 0.15) is 0 Å². The van der Waals surface area contributed by atoms with Crippen molar-refractivity contribution in [2.75, 3.05) is 38.8 Å². The lowest BCUT2D eigenvalue weighted by Gasteiger charge is -2.09. The van der Waals surface area contributed by atoms with Crippen LogP contribution in [0.4, 0.5) is 0 Å². The highest BCUT2D eigenvalue weighted by molar-refractivity contribution is 6.17. The molecule has 0 saturated carbocycles. The SMILES string of the molecule is ClCCOCCNCCC1CCCO1. The van der Waals surface area contributed by atoms with Gasteiger partial charge in [0.05, 0.1) is 19.3 Å². The van der Waals surface area contributed by atoms with E-state index in [1.807, 2.05) is 0 Å². The van der Waals surface area contributed by atoms with E-state index >= 15 is 0 Å².